The lowest BCUT2D eigenvalue weighted by atomic mass is 10.3. The topological polar surface area (TPSA) is 46.2 Å². The maximum atomic E-state index is 13.0. The summed E-state index contributed by atoms with van der Waals surface area (Å²) in [6, 6.07) is 5.35. The molecule has 0 atom stereocenters. The molecule has 0 radical (unpaired) electrons. The minimum atomic E-state index is -3.69. The van der Waals surface area contributed by atoms with Crippen LogP contribution in [0.1, 0.15) is 5.56 Å². The minimum absolute atomic E-state index is 0.134. The van der Waals surface area contributed by atoms with E-state index in [1.54, 1.807) is 6.92 Å². The van der Waals surface area contributed by atoms with Gasteiger partial charge in [-0.3, -0.25) is 4.72 Å². The molecule has 1 N–H and O–H groups in total. The second-order valence-electron chi connectivity index (χ2n) is 3.75. The number of thiophene rings is 1. The number of hydrogen-bond donors (Lipinski definition) is 1. The Balaban J connectivity index is 2.36. The first-order chi connectivity index (χ1) is 8.79. The first-order valence-electron chi connectivity index (χ1n) is 5.03. The Labute approximate surface area is 133 Å². The first-order valence-corrected chi connectivity index (χ1v) is 8.79. The van der Waals surface area contributed by atoms with E-state index in [4.69, 9.17) is 11.6 Å². The van der Waals surface area contributed by atoms with E-state index in [-0.39, 0.29) is 4.21 Å². The van der Waals surface area contributed by atoms with E-state index in [1.807, 2.05) is 22.6 Å². The summed E-state index contributed by atoms with van der Waals surface area (Å²) in [4.78, 5) is 0. The highest BCUT2D eigenvalue weighted by Crippen LogP contribution is 2.32. The summed E-state index contributed by atoms with van der Waals surface area (Å²) in [6.07, 6.45) is 0. The molecule has 0 saturated heterocycles. The monoisotopic (exact) mass is 431 g/mol. The molecule has 8 heteroatoms. The van der Waals surface area contributed by atoms with Crippen LogP contribution in [0.5, 0.6) is 0 Å². The van der Waals surface area contributed by atoms with Gasteiger partial charge in [-0.05, 0) is 59.3 Å². The minimum Gasteiger partial charge on any atom is -0.278 e. The van der Waals surface area contributed by atoms with Crippen LogP contribution in [0.3, 0.4) is 0 Å². The van der Waals surface area contributed by atoms with E-state index in [2.05, 4.69) is 4.72 Å². The fraction of sp³-hybridized carbons (Fsp3) is 0.0909. The number of hydrogen-bond acceptors (Lipinski definition) is 3. The summed E-state index contributed by atoms with van der Waals surface area (Å²) in [5.41, 5.74) is 1.05. The van der Waals surface area contributed by atoms with Gasteiger partial charge in [0.1, 0.15) is 10.0 Å². The zero-order chi connectivity index (χ0) is 14.2. The second kappa shape index (κ2) is 5.55. The highest BCUT2D eigenvalue weighted by atomic mass is 127. The third-order valence-corrected chi connectivity index (χ3v) is 6.56. The SMILES string of the molecule is Cc1cc(S(=O)(=O)Nc2ccc(F)cc2I)sc1Cl. The summed E-state index contributed by atoms with van der Waals surface area (Å²) >= 11 is 8.72. The van der Waals surface area contributed by atoms with Crippen molar-refractivity contribution in [2.24, 2.45) is 0 Å². The maximum absolute atomic E-state index is 13.0. The molecule has 19 heavy (non-hydrogen) atoms. The molecule has 1 aromatic carbocycles. The van der Waals surface area contributed by atoms with Crippen LogP contribution in [0.15, 0.2) is 28.5 Å². The predicted octanol–water partition coefficient (Wildman–Crippen LogP) is 4.25. The standard InChI is InChI=1S/C11H8ClFINO2S2/c1-6-4-10(18-11(6)12)19(16,17)15-9-3-2-7(13)5-8(9)14/h2-5,15H,1H3. The van der Waals surface area contributed by atoms with Gasteiger partial charge in [-0.2, -0.15) is 0 Å². The molecule has 0 unspecified atom stereocenters. The Morgan fingerprint density at radius 1 is 1.37 bits per heavy atom. The fourth-order valence-electron chi connectivity index (χ4n) is 1.33. The van der Waals surface area contributed by atoms with Crippen LogP contribution in [-0.2, 0) is 10.0 Å². The lowest BCUT2D eigenvalue weighted by Crippen LogP contribution is -2.12. The summed E-state index contributed by atoms with van der Waals surface area (Å²) in [7, 11) is -3.69. The molecule has 1 heterocycles. The van der Waals surface area contributed by atoms with Gasteiger partial charge in [0.15, 0.2) is 0 Å². The number of benzene rings is 1. The van der Waals surface area contributed by atoms with Gasteiger partial charge in [-0.25, -0.2) is 12.8 Å². The van der Waals surface area contributed by atoms with Crippen molar-refractivity contribution < 1.29 is 12.8 Å². The van der Waals surface area contributed by atoms with Crippen molar-refractivity contribution in [3.05, 3.63) is 43.6 Å². The number of sulfonamides is 1. The van der Waals surface area contributed by atoms with Crippen LogP contribution in [0, 0.1) is 16.3 Å². The molecule has 2 rings (SSSR count). The zero-order valence-corrected chi connectivity index (χ0v) is 14.1. The highest BCUT2D eigenvalue weighted by molar-refractivity contribution is 14.1. The Bertz CT molecular complexity index is 711. The normalized spacial score (nSPS) is 11.6. The Kier molecular flexibility index (Phi) is 4.38. The molecule has 0 aliphatic carbocycles. The largest absolute Gasteiger partial charge is 0.278 e. The average Bonchev–Trinajstić information content (AvgIpc) is 2.64. The van der Waals surface area contributed by atoms with Crippen LogP contribution < -0.4 is 4.72 Å². The van der Waals surface area contributed by atoms with E-state index >= 15 is 0 Å². The molecule has 0 fully saturated rings. The molecule has 0 aliphatic rings. The van der Waals surface area contributed by atoms with Gasteiger partial charge in [0, 0.05) is 3.57 Å². The van der Waals surface area contributed by atoms with Crippen LogP contribution >= 0.6 is 45.5 Å². The molecule has 0 amide bonds. The number of anilines is 1. The van der Waals surface area contributed by atoms with E-state index in [0.29, 0.717) is 19.2 Å². The molecule has 0 aliphatic heterocycles. The summed E-state index contributed by atoms with van der Waals surface area (Å²) in [5.74, 6) is -0.414. The van der Waals surface area contributed by atoms with Crippen LogP contribution in [0.25, 0.3) is 0 Å². The molecule has 2 aromatic rings. The highest BCUT2D eigenvalue weighted by Gasteiger charge is 2.19. The van der Waals surface area contributed by atoms with Crippen molar-refractivity contribution in [1.29, 1.82) is 0 Å². The molecule has 1 aromatic heterocycles. The summed E-state index contributed by atoms with van der Waals surface area (Å²) in [5, 5.41) is 0. The molecule has 3 nitrogen and oxygen atoms in total. The van der Waals surface area contributed by atoms with Gasteiger partial charge < -0.3 is 0 Å². The second-order valence-corrected chi connectivity index (χ2v) is 8.48. The van der Waals surface area contributed by atoms with Crippen molar-refractivity contribution in [2.75, 3.05) is 4.72 Å². The molecule has 102 valence electrons. The number of aryl methyl sites for hydroxylation is 1. The van der Waals surface area contributed by atoms with Crippen LogP contribution in [0.4, 0.5) is 10.1 Å². The maximum Gasteiger partial charge on any atom is 0.271 e. The molecular weight excluding hydrogens is 424 g/mol. The number of nitrogens with one attached hydrogen (secondary N) is 1. The Morgan fingerprint density at radius 2 is 2.05 bits per heavy atom. The van der Waals surface area contributed by atoms with Crippen molar-refractivity contribution in [3.63, 3.8) is 0 Å². The fourth-order valence-corrected chi connectivity index (χ4v) is 4.91. The lowest BCUT2D eigenvalue weighted by Gasteiger charge is -2.08. The molecule has 0 saturated carbocycles. The molecule has 0 bridgehead atoms. The molecular formula is C11H8ClFINO2S2. The van der Waals surface area contributed by atoms with E-state index in [9.17, 15) is 12.8 Å². The van der Waals surface area contributed by atoms with Crippen molar-refractivity contribution in [3.8, 4) is 0 Å². The third-order valence-electron chi connectivity index (χ3n) is 2.27. The van der Waals surface area contributed by atoms with Gasteiger partial charge in [0.25, 0.3) is 10.0 Å². The Morgan fingerprint density at radius 3 is 2.58 bits per heavy atom. The summed E-state index contributed by atoms with van der Waals surface area (Å²) in [6.45, 7) is 1.74. The van der Waals surface area contributed by atoms with Crippen molar-refractivity contribution >= 4 is 61.2 Å². The van der Waals surface area contributed by atoms with E-state index in [1.165, 1.54) is 24.3 Å². The lowest BCUT2D eigenvalue weighted by molar-refractivity contribution is 0.602. The van der Waals surface area contributed by atoms with E-state index in [0.717, 1.165) is 11.3 Å². The smallest absolute Gasteiger partial charge is 0.271 e. The predicted molar refractivity (Wildman–Crippen MR) is 84.0 cm³/mol. The van der Waals surface area contributed by atoms with Crippen LogP contribution in [0.2, 0.25) is 4.34 Å². The first kappa shape index (κ1) is 15.0. The number of rotatable bonds is 3. The summed E-state index contributed by atoms with van der Waals surface area (Å²) < 4.78 is 40.7. The van der Waals surface area contributed by atoms with Gasteiger partial charge in [-0.15, -0.1) is 11.3 Å². The number of halogens is 3. The van der Waals surface area contributed by atoms with Gasteiger partial charge in [0.2, 0.25) is 0 Å². The molecule has 0 spiro atoms. The quantitative estimate of drug-likeness (QED) is 0.738. The average molecular weight is 432 g/mol. The van der Waals surface area contributed by atoms with Gasteiger partial charge >= 0.3 is 0 Å². The zero-order valence-electron chi connectivity index (χ0n) is 9.58. The van der Waals surface area contributed by atoms with E-state index < -0.39 is 15.8 Å². The third kappa shape index (κ3) is 3.39. The van der Waals surface area contributed by atoms with Gasteiger partial charge in [-0.1, -0.05) is 11.6 Å². The van der Waals surface area contributed by atoms with Crippen molar-refractivity contribution in [1.82, 2.24) is 0 Å². The van der Waals surface area contributed by atoms with Gasteiger partial charge in [0.05, 0.1) is 10.0 Å². The Hall–Kier alpha value is -0.380. The van der Waals surface area contributed by atoms with Crippen LogP contribution in [-0.4, -0.2) is 8.42 Å². The van der Waals surface area contributed by atoms with Crippen molar-refractivity contribution in [2.45, 2.75) is 11.1 Å².